The summed E-state index contributed by atoms with van der Waals surface area (Å²) in [6.45, 7) is 1.85. The maximum Gasteiger partial charge on any atom is 0.132 e. The maximum atomic E-state index is 11.1. The molecule has 1 aliphatic rings. The van der Waals surface area contributed by atoms with E-state index in [1.165, 1.54) is 7.11 Å². The Balaban J connectivity index is 2.37. The van der Waals surface area contributed by atoms with E-state index in [0.717, 1.165) is 0 Å². The second-order valence-electron chi connectivity index (χ2n) is 2.06. The van der Waals surface area contributed by atoms with E-state index in [0.29, 0.717) is 26.3 Å². The summed E-state index contributed by atoms with van der Waals surface area (Å²) in [5.41, 5.74) is 0. The Kier molecular flexibility index (Phi) is 2.02. The Hall–Kier alpha value is -0.160. The third kappa shape index (κ3) is 1.62. The van der Waals surface area contributed by atoms with Crippen molar-refractivity contribution >= 4 is 0 Å². The van der Waals surface area contributed by atoms with Crippen molar-refractivity contribution in [1.82, 2.24) is 0 Å². The van der Waals surface area contributed by atoms with Gasteiger partial charge in [0, 0.05) is 0 Å². The molecule has 1 aliphatic heterocycles. The smallest absolute Gasteiger partial charge is 0.132 e. The Labute approximate surface area is 54.1 Å². The first-order chi connectivity index (χ1) is 4.27. The van der Waals surface area contributed by atoms with Crippen LogP contribution in [0, 0.1) is 5.21 Å². The number of quaternary nitrogens is 1. The van der Waals surface area contributed by atoms with Gasteiger partial charge < -0.3 is 9.94 Å². The first-order valence-corrected chi connectivity index (χ1v) is 2.98. The summed E-state index contributed by atoms with van der Waals surface area (Å²) in [6, 6.07) is 0. The fraction of sp³-hybridized carbons (Fsp3) is 1.00. The summed E-state index contributed by atoms with van der Waals surface area (Å²) < 4.78 is 4.97. The summed E-state index contributed by atoms with van der Waals surface area (Å²) in [4.78, 5) is 4.12. The Morgan fingerprint density at radius 1 is 1.44 bits per heavy atom. The minimum absolute atomic E-state index is 0.413. The van der Waals surface area contributed by atoms with E-state index in [2.05, 4.69) is 4.84 Å². The highest BCUT2D eigenvalue weighted by molar-refractivity contribution is 4.41. The quantitative estimate of drug-likeness (QED) is 0.370. The van der Waals surface area contributed by atoms with Crippen LogP contribution in [0.25, 0.3) is 0 Å². The fourth-order valence-corrected chi connectivity index (χ4v) is 0.804. The normalized spacial score (nSPS) is 26.0. The molecule has 1 heterocycles. The summed E-state index contributed by atoms with van der Waals surface area (Å²) >= 11 is 0. The molecule has 1 saturated heterocycles. The van der Waals surface area contributed by atoms with Gasteiger partial charge in [-0.25, -0.2) is 9.65 Å². The van der Waals surface area contributed by atoms with Gasteiger partial charge in [-0.1, -0.05) is 0 Å². The first kappa shape index (κ1) is 6.95. The van der Waals surface area contributed by atoms with Crippen LogP contribution in [0.15, 0.2) is 0 Å². The standard InChI is InChI=1S/C5H11NO3/c1-8-6(7)2-4-9-5-3-6/h2-5H2,1H3. The van der Waals surface area contributed by atoms with E-state index < -0.39 is 4.81 Å². The van der Waals surface area contributed by atoms with Crippen LogP contribution < -0.4 is 0 Å². The van der Waals surface area contributed by atoms with Gasteiger partial charge in [0.15, 0.2) is 0 Å². The number of rotatable bonds is 1. The average Bonchev–Trinajstić information content (AvgIpc) is 1.90. The third-order valence-corrected chi connectivity index (χ3v) is 1.49. The second-order valence-corrected chi connectivity index (χ2v) is 2.06. The molecule has 0 aromatic heterocycles. The van der Waals surface area contributed by atoms with Crippen molar-refractivity contribution in [2.24, 2.45) is 0 Å². The second kappa shape index (κ2) is 2.62. The van der Waals surface area contributed by atoms with Crippen molar-refractivity contribution in [2.45, 2.75) is 0 Å². The lowest BCUT2D eigenvalue weighted by Gasteiger charge is -2.39. The van der Waals surface area contributed by atoms with Gasteiger partial charge in [0.05, 0.1) is 20.3 Å². The Morgan fingerprint density at radius 3 is 2.33 bits per heavy atom. The van der Waals surface area contributed by atoms with Crippen LogP contribution in [0.5, 0.6) is 0 Å². The van der Waals surface area contributed by atoms with Crippen LogP contribution in [0.3, 0.4) is 0 Å². The van der Waals surface area contributed by atoms with E-state index in [4.69, 9.17) is 4.74 Å². The highest BCUT2D eigenvalue weighted by Crippen LogP contribution is 2.07. The number of morpholine rings is 1. The monoisotopic (exact) mass is 133 g/mol. The van der Waals surface area contributed by atoms with Gasteiger partial charge in [-0.05, 0) is 0 Å². The van der Waals surface area contributed by atoms with Crippen LogP contribution in [0.2, 0.25) is 0 Å². The molecule has 0 bridgehead atoms. The van der Waals surface area contributed by atoms with Crippen LogP contribution in [0.4, 0.5) is 0 Å². The van der Waals surface area contributed by atoms with E-state index in [-0.39, 0.29) is 0 Å². The van der Waals surface area contributed by atoms with Crippen molar-refractivity contribution in [3.63, 3.8) is 0 Å². The molecule has 4 nitrogen and oxygen atoms in total. The summed E-state index contributed by atoms with van der Waals surface area (Å²) in [7, 11) is 1.43. The van der Waals surface area contributed by atoms with Crippen molar-refractivity contribution in [2.75, 3.05) is 33.4 Å². The number of nitrogens with zero attached hydrogens (tertiary/aromatic N) is 1. The van der Waals surface area contributed by atoms with E-state index in [9.17, 15) is 5.21 Å². The lowest BCUT2D eigenvalue weighted by Crippen LogP contribution is -2.49. The third-order valence-electron chi connectivity index (χ3n) is 1.49. The van der Waals surface area contributed by atoms with Gasteiger partial charge in [0.25, 0.3) is 0 Å². The molecule has 0 spiro atoms. The average molecular weight is 133 g/mol. The van der Waals surface area contributed by atoms with Gasteiger partial charge in [-0.15, -0.1) is 0 Å². The van der Waals surface area contributed by atoms with Gasteiger partial charge in [0.2, 0.25) is 0 Å². The minimum atomic E-state index is -0.556. The van der Waals surface area contributed by atoms with Gasteiger partial charge in [-0.3, -0.25) is 0 Å². The zero-order valence-corrected chi connectivity index (χ0v) is 5.50. The van der Waals surface area contributed by atoms with Crippen molar-refractivity contribution in [3.05, 3.63) is 5.21 Å². The summed E-state index contributed by atoms with van der Waals surface area (Å²) in [5.74, 6) is 0. The highest BCUT2D eigenvalue weighted by Gasteiger charge is 2.20. The molecule has 0 N–H and O–H groups in total. The lowest BCUT2D eigenvalue weighted by molar-refractivity contribution is -1.07. The van der Waals surface area contributed by atoms with Gasteiger partial charge in [-0.2, -0.15) is 0 Å². The molecule has 9 heavy (non-hydrogen) atoms. The van der Waals surface area contributed by atoms with Gasteiger partial charge >= 0.3 is 0 Å². The fourth-order valence-electron chi connectivity index (χ4n) is 0.804. The number of hydroxylamine groups is 4. The first-order valence-electron chi connectivity index (χ1n) is 2.98. The lowest BCUT2D eigenvalue weighted by atomic mass is 10.5. The molecule has 0 amide bonds. The van der Waals surface area contributed by atoms with Gasteiger partial charge in [0.1, 0.15) is 13.1 Å². The van der Waals surface area contributed by atoms with E-state index in [1.807, 2.05) is 0 Å². The van der Waals surface area contributed by atoms with Crippen molar-refractivity contribution in [3.8, 4) is 0 Å². The van der Waals surface area contributed by atoms with Crippen molar-refractivity contribution < 1.29 is 14.4 Å². The molecule has 0 radical (unpaired) electrons. The summed E-state index contributed by atoms with van der Waals surface area (Å²) in [5, 5.41) is 11.1. The number of hydrogen-bond donors (Lipinski definition) is 0. The topological polar surface area (TPSA) is 41.5 Å². The van der Waals surface area contributed by atoms with E-state index >= 15 is 0 Å². The Bertz CT molecular complexity index is 90.2. The van der Waals surface area contributed by atoms with Crippen LogP contribution in [-0.4, -0.2) is 38.2 Å². The van der Waals surface area contributed by atoms with E-state index in [1.54, 1.807) is 0 Å². The molecule has 0 aliphatic carbocycles. The summed E-state index contributed by atoms with van der Waals surface area (Å²) in [6.07, 6.45) is 0. The van der Waals surface area contributed by atoms with Crippen LogP contribution >= 0.6 is 0 Å². The zero-order chi connectivity index (χ0) is 6.74. The Morgan fingerprint density at radius 2 is 2.00 bits per heavy atom. The molecule has 0 atom stereocenters. The molecule has 0 aromatic carbocycles. The molecule has 0 unspecified atom stereocenters. The predicted molar refractivity (Wildman–Crippen MR) is 31.2 cm³/mol. The zero-order valence-electron chi connectivity index (χ0n) is 5.50. The highest BCUT2D eigenvalue weighted by atomic mass is 16.9. The SMILES string of the molecule is CO[N+]1([O-])CCOCC1. The maximum absolute atomic E-state index is 11.1. The molecule has 1 rings (SSSR count). The van der Waals surface area contributed by atoms with Crippen molar-refractivity contribution in [1.29, 1.82) is 0 Å². The molecule has 0 saturated carbocycles. The molecule has 54 valence electrons. The largest absolute Gasteiger partial charge is 0.598 e. The molecular formula is C5H11NO3. The molecular weight excluding hydrogens is 122 g/mol. The molecule has 4 heteroatoms. The number of hydrogen-bond acceptors (Lipinski definition) is 3. The number of ether oxygens (including phenoxy) is 1. The van der Waals surface area contributed by atoms with Crippen LogP contribution in [-0.2, 0) is 9.57 Å². The molecule has 1 fully saturated rings. The molecule has 0 aromatic rings. The predicted octanol–water partition coefficient (Wildman–Crippen LogP) is -0.107. The van der Waals surface area contributed by atoms with Crippen LogP contribution in [0.1, 0.15) is 0 Å². The minimum Gasteiger partial charge on any atom is -0.598 e.